The first-order valence-corrected chi connectivity index (χ1v) is 9.25. The zero-order valence-electron chi connectivity index (χ0n) is 16.4. The van der Waals surface area contributed by atoms with Crippen LogP contribution in [0.5, 0.6) is 5.75 Å². The lowest BCUT2D eigenvalue weighted by Gasteiger charge is -2.22. The average Bonchev–Trinajstić information content (AvgIpc) is 2.65. The minimum absolute atomic E-state index is 0.0550. The van der Waals surface area contributed by atoms with Crippen LogP contribution in [0.1, 0.15) is 39.2 Å². The lowest BCUT2D eigenvalue weighted by Crippen LogP contribution is -2.48. The largest absolute Gasteiger partial charge is 0.484 e. The molecule has 2 amide bonds. The molecule has 0 spiro atoms. The lowest BCUT2D eigenvalue weighted by atomic mass is 10.0. The summed E-state index contributed by atoms with van der Waals surface area (Å²) in [6.45, 7) is 7.89. The smallest absolute Gasteiger partial charge is 0.258 e. The highest BCUT2D eigenvalue weighted by atomic mass is 16.5. The summed E-state index contributed by atoms with van der Waals surface area (Å²) in [4.78, 5) is 24.8. The van der Waals surface area contributed by atoms with Crippen molar-refractivity contribution < 1.29 is 14.3 Å². The zero-order chi connectivity index (χ0) is 19.8. The Bertz CT molecular complexity index is 740. The van der Waals surface area contributed by atoms with E-state index < -0.39 is 6.04 Å². The van der Waals surface area contributed by atoms with Gasteiger partial charge in [0.2, 0.25) is 5.91 Å². The van der Waals surface area contributed by atoms with E-state index in [2.05, 4.69) is 24.5 Å². The van der Waals surface area contributed by atoms with Crippen LogP contribution in [0.3, 0.4) is 0 Å². The molecule has 0 heterocycles. The van der Waals surface area contributed by atoms with Gasteiger partial charge in [-0.1, -0.05) is 58.0 Å². The number of rotatable bonds is 8. The summed E-state index contributed by atoms with van der Waals surface area (Å²) in [5.41, 5.74) is 1.92. The molecular formula is C22H28N2O3. The van der Waals surface area contributed by atoms with Gasteiger partial charge in [-0.2, -0.15) is 0 Å². The maximum absolute atomic E-state index is 12.6. The first-order chi connectivity index (χ1) is 12.9. The molecule has 0 aliphatic carbocycles. The number of carbonyl (C=O) groups excluding carboxylic acids is 2. The Morgan fingerprint density at radius 1 is 0.926 bits per heavy atom. The van der Waals surface area contributed by atoms with Crippen molar-refractivity contribution in [1.82, 2.24) is 5.32 Å². The fraction of sp³-hybridized carbons (Fsp3) is 0.364. The molecule has 2 aromatic rings. The molecule has 0 aliphatic heterocycles. The molecular weight excluding hydrogens is 340 g/mol. The van der Waals surface area contributed by atoms with Crippen molar-refractivity contribution in [3.05, 3.63) is 60.2 Å². The van der Waals surface area contributed by atoms with E-state index in [9.17, 15) is 9.59 Å². The predicted molar refractivity (Wildman–Crippen MR) is 108 cm³/mol. The second-order valence-electron chi connectivity index (χ2n) is 7.16. The van der Waals surface area contributed by atoms with Crippen LogP contribution in [-0.2, 0) is 9.59 Å². The molecule has 0 fully saturated rings. The van der Waals surface area contributed by atoms with Crippen molar-refractivity contribution in [2.45, 2.75) is 39.7 Å². The van der Waals surface area contributed by atoms with Crippen molar-refractivity contribution >= 4 is 17.5 Å². The summed E-state index contributed by atoms with van der Waals surface area (Å²) in [7, 11) is 0. The van der Waals surface area contributed by atoms with Crippen LogP contribution in [0.25, 0.3) is 0 Å². The van der Waals surface area contributed by atoms with Gasteiger partial charge in [0.1, 0.15) is 11.8 Å². The normalized spacial score (nSPS) is 11.9. The second-order valence-corrected chi connectivity index (χ2v) is 7.16. The molecule has 2 N–H and O–H groups in total. The molecule has 1 unspecified atom stereocenters. The molecule has 2 rings (SSSR count). The number of para-hydroxylation sites is 1. The SMILES string of the molecule is CC(C)c1ccc(NC(=O)C(NC(=O)COc2ccccc2)C(C)C)cc1. The summed E-state index contributed by atoms with van der Waals surface area (Å²) in [6, 6.07) is 16.2. The Labute approximate surface area is 161 Å². The Balaban J connectivity index is 1.92. The maximum atomic E-state index is 12.6. The summed E-state index contributed by atoms with van der Waals surface area (Å²) in [6.07, 6.45) is 0. The average molecular weight is 368 g/mol. The van der Waals surface area contributed by atoms with Crippen LogP contribution in [-0.4, -0.2) is 24.5 Å². The quantitative estimate of drug-likeness (QED) is 0.741. The number of hydrogen-bond donors (Lipinski definition) is 2. The molecule has 5 nitrogen and oxygen atoms in total. The van der Waals surface area contributed by atoms with Gasteiger partial charge >= 0.3 is 0 Å². The van der Waals surface area contributed by atoms with Crippen LogP contribution < -0.4 is 15.4 Å². The molecule has 2 aromatic carbocycles. The molecule has 144 valence electrons. The predicted octanol–water partition coefficient (Wildman–Crippen LogP) is 3.97. The van der Waals surface area contributed by atoms with E-state index in [1.807, 2.05) is 56.3 Å². The summed E-state index contributed by atoms with van der Waals surface area (Å²) >= 11 is 0. The molecule has 5 heteroatoms. The van der Waals surface area contributed by atoms with Gasteiger partial charge in [-0.05, 0) is 41.7 Å². The molecule has 0 saturated carbocycles. The second kappa shape index (κ2) is 9.76. The monoisotopic (exact) mass is 368 g/mol. The first-order valence-electron chi connectivity index (χ1n) is 9.25. The van der Waals surface area contributed by atoms with Crippen LogP contribution in [0.15, 0.2) is 54.6 Å². The number of hydrogen-bond acceptors (Lipinski definition) is 3. The molecule has 0 radical (unpaired) electrons. The van der Waals surface area contributed by atoms with E-state index in [1.54, 1.807) is 12.1 Å². The van der Waals surface area contributed by atoms with Gasteiger partial charge in [0.25, 0.3) is 5.91 Å². The van der Waals surface area contributed by atoms with E-state index in [1.165, 1.54) is 5.56 Å². The van der Waals surface area contributed by atoms with Gasteiger partial charge in [0, 0.05) is 5.69 Å². The van der Waals surface area contributed by atoms with Crippen LogP contribution in [0.2, 0.25) is 0 Å². The summed E-state index contributed by atoms with van der Waals surface area (Å²) in [5.74, 6) is 0.421. The first kappa shape index (κ1) is 20.5. The fourth-order valence-corrected chi connectivity index (χ4v) is 2.59. The van der Waals surface area contributed by atoms with Crippen LogP contribution in [0, 0.1) is 5.92 Å². The van der Waals surface area contributed by atoms with Crippen molar-refractivity contribution in [3.8, 4) is 5.75 Å². The third-order valence-electron chi connectivity index (χ3n) is 4.22. The Morgan fingerprint density at radius 3 is 2.11 bits per heavy atom. The number of anilines is 1. The van der Waals surface area contributed by atoms with E-state index in [0.717, 1.165) is 0 Å². The number of amides is 2. The highest BCUT2D eigenvalue weighted by molar-refractivity contribution is 5.97. The molecule has 0 saturated heterocycles. The van der Waals surface area contributed by atoms with Gasteiger partial charge in [0.15, 0.2) is 6.61 Å². The molecule has 0 aromatic heterocycles. The summed E-state index contributed by atoms with van der Waals surface area (Å²) < 4.78 is 5.44. The lowest BCUT2D eigenvalue weighted by molar-refractivity contribution is -0.128. The molecule has 0 aliphatic rings. The van der Waals surface area contributed by atoms with Gasteiger partial charge in [-0.25, -0.2) is 0 Å². The minimum Gasteiger partial charge on any atom is -0.484 e. The van der Waals surface area contributed by atoms with Crippen molar-refractivity contribution in [1.29, 1.82) is 0 Å². The number of ether oxygens (including phenoxy) is 1. The maximum Gasteiger partial charge on any atom is 0.258 e. The van der Waals surface area contributed by atoms with Crippen LogP contribution >= 0.6 is 0 Å². The van der Waals surface area contributed by atoms with E-state index >= 15 is 0 Å². The molecule has 27 heavy (non-hydrogen) atoms. The van der Waals surface area contributed by atoms with Gasteiger partial charge in [-0.15, -0.1) is 0 Å². The number of nitrogens with one attached hydrogen (secondary N) is 2. The van der Waals surface area contributed by atoms with Gasteiger partial charge < -0.3 is 15.4 Å². The fourth-order valence-electron chi connectivity index (χ4n) is 2.59. The Kier molecular flexibility index (Phi) is 7.41. The van der Waals surface area contributed by atoms with Gasteiger partial charge in [0.05, 0.1) is 0 Å². The highest BCUT2D eigenvalue weighted by Crippen LogP contribution is 2.17. The van der Waals surface area contributed by atoms with E-state index in [4.69, 9.17) is 4.74 Å². The summed E-state index contributed by atoms with van der Waals surface area (Å²) in [5, 5.41) is 5.63. The van der Waals surface area contributed by atoms with Crippen LogP contribution in [0.4, 0.5) is 5.69 Å². The zero-order valence-corrected chi connectivity index (χ0v) is 16.4. The molecule has 0 bridgehead atoms. The number of carbonyl (C=O) groups is 2. The van der Waals surface area contributed by atoms with Crippen molar-refractivity contribution in [2.24, 2.45) is 5.92 Å². The van der Waals surface area contributed by atoms with E-state index in [0.29, 0.717) is 17.4 Å². The molecule has 1 atom stereocenters. The topological polar surface area (TPSA) is 67.4 Å². The van der Waals surface area contributed by atoms with Crippen molar-refractivity contribution in [3.63, 3.8) is 0 Å². The Hall–Kier alpha value is -2.82. The van der Waals surface area contributed by atoms with Gasteiger partial charge in [-0.3, -0.25) is 9.59 Å². The minimum atomic E-state index is -0.637. The van der Waals surface area contributed by atoms with E-state index in [-0.39, 0.29) is 24.3 Å². The third kappa shape index (κ3) is 6.44. The Morgan fingerprint density at radius 2 is 1.56 bits per heavy atom. The standard InChI is InChI=1S/C22H28N2O3/c1-15(2)17-10-12-18(13-11-17)23-22(26)21(16(3)4)24-20(25)14-27-19-8-6-5-7-9-19/h5-13,15-16,21H,14H2,1-4H3,(H,23,26)(H,24,25). The highest BCUT2D eigenvalue weighted by Gasteiger charge is 2.24. The number of benzene rings is 2. The third-order valence-corrected chi connectivity index (χ3v) is 4.22. The van der Waals surface area contributed by atoms with Crippen molar-refractivity contribution in [2.75, 3.05) is 11.9 Å².